The summed E-state index contributed by atoms with van der Waals surface area (Å²) in [5.74, 6) is 0.157. The van der Waals surface area contributed by atoms with Gasteiger partial charge in [-0.25, -0.2) is 4.79 Å². The number of anilines is 2. The summed E-state index contributed by atoms with van der Waals surface area (Å²) in [6, 6.07) is 7.24. The van der Waals surface area contributed by atoms with Crippen LogP contribution in [0.25, 0.3) is 0 Å². The number of urea groups is 1. The molecule has 0 bridgehead atoms. The van der Waals surface area contributed by atoms with Gasteiger partial charge in [0, 0.05) is 30.4 Å². The summed E-state index contributed by atoms with van der Waals surface area (Å²) in [5.41, 5.74) is 2.71. The van der Waals surface area contributed by atoms with Gasteiger partial charge in [0.05, 0.1) is 12.5 Å². The predicted molar refractivity (Wildman–Crippen MR) is 93.9 cm³/mol. The Morgan fingerprint density at radius 2 is 2.17 bits per heavy atom. The van der Waals surface area contributed by atoms with E-state index in [2.05, 4.69) is 16.7 Å². The Kier molecular flexibility index (Phi) is 6.19. The highest BCUT2D eigenvalue weighted by molar-refractivity contribution is 5.97. The second-order valence-electron chi connectivity index (χ2n) is 5.95. The van der Waals surface area contributed by atoms with Gasteiger partial charge in [-0.05, 0) is 43.0 Å². The van der Waals surface area contributed by atoms with Crippen molar-refractivity contribution in [3.8, 4) is 6.07 Å². The van der Waals surface area contributed by atoms with Gasteiger partial charge in [-0.2, -0.15) is 5.26 Å². The highest BCUT2D eigenvalue weighted by atomic mass is 16.2. The van der Waals surface area contributed by atoms with E-state index in [1.54, 1.807) is 0 Å². The van der Waals surface area contributed by atoms with Crippen LogP contribution in [0.4, 0.5) is 16.2 Å². The van der Waals surface area contributed by atoms with E-state index in [4.69, 9.17) is 5.26 Å². The lowest BCUT2D eigenvalue weighted by Gasteiger charge is -2.29. The Morgan fingerprint density at radius 3 is 2.83 bits per heavy atom. The molecule has 128 valence electrons. The molecule has 6 heteroatoms. The van der Waals surface area contributed by atoms with Crippen molar-refractivity contribution in [2.45, 2.75) is 52.0 Å². The Morgan fingerprint density at radius 1 is 1.38 bits per heavy atom. The van der Waals surface area contributed by atoms with E-state index < -0.39 is 0 Å². The minimum Gasteiger partial charge on any atom is -0.334 e. The van der Waals surface area contributed by atoms with Crippen molar-refractivity contribution in [1.82, 2.24) is 5.32 Å². The maximum absolute atomic E-state index is 12.0. The number of nitrogens with zero attached hydrogens (tertiary/aromatic N) is 2. The number of aryl methyl sites for hydroxylation is 1. The van der Waals surface area contributed by atoms with Gasteiger partial charge < -0.3 is 15.5 Å². The third-order valence-electron chi connectivity index (χ3n) is 4.15. The molecule has 1 heterocycles. The normalized spacial score (nSPS) is 14.5. The fraction of sp³-hybridized carbons (Fsp3) is 0.500. The van der Waals surface area contributed by atoms with Crippen LogP contribution in [0.3, 0.4) is 0 Å². The summed E-state index contributed by atoms with van der Waals surface area (Å²) >= 11 is 0. The van der Waals surface area contributed by atoms with Crippen LogP contribution in [0.15, 0.2) is 18.2 Å². The van der Waals surface area contributed by atoms with Gasteiger partial charge in [0.1, 0.15) is 0 Å². The summed E-state index contributed by atoms with van der Waals surface area (Å²) in [6.45, 7) is 4.69. The molecule has 1 aromatic rings. The molecule has 6 nitrogen and oxygen atoms in total. The van der Waals surface area contributed by atoms with Crippen molar-refractivity contribution >= 4 is 23.3 Å². The van der Waals surface area contributed by atoms with Crippen molar-refractivity contribution in [3.63, 3.8) is 0 Å². The molecule has 0 fully saturated rings. The van der Waals surface area contributed by atoms with E-state index in [1.807, 2.05) is 36.9 Å². The van der Waals surface area contributed by atoms with Crippen molar-refractivity contribution in [2.24, 2.45) is 0 Å². The molecule has 1 aliphatic heterocycles. The zero-order valence-corrected chi connectivity index (χ0v) is 14.3. The first-order chi connectivity index (χ1) is 11.6. The molecule has 0 saturated heterocycles. The Labute approximate surface area is 142 Å². The lowest BCUT2D eigenvalue weighted by molar-refractivity contribution is -0.118. The number of rotatable bonds is 6. The van der Waals surface area contributed by atoms with E-state index >= 15 is 0 Å². The molecule has 0 aromatic heterocycles. The minimum atomic E-state index is -0.311. The summed E-state index contributed by atoms with van der Waals surface area (Å²) in [5, 5.41) is 14.3. The number of benzene rings is 1. The van der Waals surface area contributed by atoms with Gasteiger partial charge in [-0.3, -0.25) is 4.79 Å². The predicted octanol–water partition coefficient (Wildman–Crippen LogP) is 3.19. The molecule has 0 radical (unpaired) electrons. The zero-order valence-electron chi connectivity index (χ0n) is 14.3. The first-order valence-electron chi connectivity index (χ1n) is 8.46. The smallest absolute Gasteiger partial charge is 0.319 e. The van der Waals surface area contributed by atoms with Crippen LogP contribution in [0, 0.1) is 11.3 Å². The molecule has 0 unspecified atom stereocenters. The summed E-state index contributed by atoms with van der Waals surface area (Å²) in [4.78, 5) is 25.9. The van der Waals surface area contributed by atoms with Crippen LogP contribution in [0.1, 0.15) is 45.1 Å². The van der Waals surface area contributed by atoms with Crippen LogP contribution in [-0.2, 0) is 11.2 Å². The molecule has 2 rings (SSSR count). The largest absolute Gasteiger partial charge is 0.334 e. The van der Waals surface area contributed by atoms with Gasteiger partial charge in [0.2, 0.25) is 5.91 Å². The third kappa shape index (κ3) is 4.25. The molecule has 1 aromatic carbocycles. The third-order valence-corrected chi connectivity index (χ3v) is 4.15. The Hall–Kier alpha value is -2.55. The van der Waals surface area contributed by atoms with Gasteiger partial charge in [0.15, 0.2) is 0 Å². The molecular weight excluding hydrogens is 304 g/mol. The SMILES string of the molecule is CCCN1C(=O)CCc2cc(NC(=O)N[C@@H](CC)CC#N)ccc21. The highest BCUT2D eigenvalue weighted by Crippen LogP contribution is 2.30. The lowest BCUT2D eigenvalue weighted by atomic mass is 10.00. The number of hydrogen-bond donors (Lipinski definition) is 2. The highest BCUT2D eigenvalue weighted by Gasteiger charge is 2.23. The molecule has 1 atom stereocenters. The van der Waals surface area contributed by atoms with Crippen LogP contribution in [-0.4, -0.2) is 24.5 Å². The second-order valence-corrected chi connectivity index (χ2v) is 5.95. The standard InChI is InChI=1S/C18H24N4O2/c1-3-11-22-16-7-6-15(12-13(16)5-8-17(22)23)21-18(24)20-14(4-2)9-10-19/h6-7,12,14H,3-5,8-9,11H2,1-2H3,(H2,20,21,24)/t14-/m0/s1. The maximum atomic E-state index is 12.0. The number of carbonyl (C=O) groups is 2. The Bertz CT molecular complexity index is 651. The minimum absolute atomic E-state index is 0.148. The summed E-state index contributed by atoms with van der Waals surface area (Å²) < 4.78 is 0. The van der Waals surface area contributed by atoms with Crippen LogP contribution in [0.2, 0.25) is 0 Å². The van der Waals surface area contributed by atoms with Crippen molar-refractivity contribution in [1.29, 1.82) is 5.26 Å². The van der Waals surface area contributed by atoms with Gasteiger partial charge in [-0.1, -0.05) is 13.8 Å². The summed E-state index contributed by atoms with van der Waals surface area (Å²) in [6.07, 6.45) is 3.10. The quantitative estimate of drug-likeness (QED) is 0.841. The van der Waals surface area contributed by atoms with Crippen LogP contribution >= 0.6 is 0 Å². The van der Waals surface area contributed by atoms with Crippen molar-refractivity contribution in [3.05, 3.63) is 23.8 Å². The molecule has 0 aliphatic carbocycles. The average Bonchev–Trinajstić information content (AvgIpc) is 2.57. The second kappa shape index (κ2) is 8.34. The number of nitriles is 1. The average molecular weight is 328 g/mol. The van der Waals surface area contributed by atoms with E-state index in [-0.39, 0.29) is 18.0 Å². The topological polar surface area (TPSA) is 85.2 Å². The molecule has 0 spiro atoms. The van der Waals surface area contributed by atoms with E-state index in [1.165, 1.54) is 0 Å². The fourth-order valence-electron chi connectivity index (χ4n) is 2.87. The van der Waals surface area contributed by atoms with Gasteiger partial charge in [-0.15, -0.1) is 0 Å². The van der Waals surface area contributed by atoms with E-state index in [0.29, 0.717) is 37.9 Å². The molecule has 24 heavy (non-hydrogen) atoms. The number of fused-ring (bicyclic) bond motifs is 1. The lowest BCUT2D eigenvalue weighted by Crippen LogP contribution is -2.37. The molecule has 1 aliphatic rings. The maximum Gasteiger partial charge on any atom is 0.319 e. The monoisotopic (exact) mass is 328 g/mol. The Balaban J connectivity index is 2.07. The van der Waals surface area contributed by atoms with Gasteiger partial charge in [0.25, 0.3) is 0 Å². The molecular formula is C18H24N4O2. The number of amides is 3. The zero-order chi connectivity index (χ0) is 17.5. The molecule has 0 saturated carbocycles. The van der Waals surface area contributed by atoms with Crippen molar-refractivity contribution in [2.75, 3.05) is 16.8 Å². The molecule has 3 amide bonds. The summed E-state index contributed by atoms with van der Waals surface area (Å²) in [7, 11) is 0. The van der Waals surface area contributed by atoms with E-state index in [0.717, 1.165) is 17.7 Å². The first-order valence-corrected chi connectivity index (χ1v) is 8.46. The number of nitrogens with one attached hydrogen (secondary N) is 2. The van der Waals surface area contributed by atoms with E-state index in [9.17, 15) is 9.59 Å². The van der Waals surface area contributed by atoms with Crippen LogP contribution < -0.4 is 15.5 Å². The fourth-order valence-corrected chi connectivity index (χ4v) is 2.87. The van der Waals surface area contributed by atoms with Crippen LogP contribution in [0.5, 0.6) is 0 Å². The first kappa shape index (κ1) is 17.8. The number of hydrogen-bond acceptors (Lipinski definition) is 3. The molecule has 2 N–H and O–H groups in total. The number of carbonyl (C=O) groups excluding carboxylic acids is 2. The van der Waals surface area contributed by atoms with Crippen molar-refractivity contribution < 1.29 is 9.59 Å². The van der Waals surface area contributed by atoms with Gasteiger partial charge >= 0.3 is 6.03 Å².